The molecule has 102 valence electrons. The van der Waals surface area contributed by atoms with E-state index in [1.165, 1.54) is 26.4 Å². The molecule has 1 amide bonds. The molecule has 3 atom stereocenters. The molecule has 0 aromatic carbocycles. The third-order valence-electron chi connectivity index (χ3n) is 3.69. The molecular formula is C12H25ClN2O2. The van der Waals surface area contributed by atoms with Crippen molar-refractivity contribution in [3.63, 3.8) is 0 Å². The van der Waals surface area contributed by atoms with E-state index in [0.717, 1.165) is 6.42 Å². The van der Waals surface area contributed by atoms with Crippen LogP contribution in [0.3, 0.4) is 0 Å². The van der Waals surface area contributed by atoms with Crippen LogP contribution in [0.4, 0.5) is 0 Å². The fourth-order valence-corrected chi connectivity index (χ4v) is 2.56. The predicted molar refractivity (Wildman–Crippen MR) is 71.3 cm³/mol. The smallest absolute Gasteiger partial charge is 0.253 e. The van der Waals surface area contributed by atoms with Crippen LogP contribution < -0.4 is 5.73 Å². The van der Waals surface area contributed by atoms with E-state index in [0.29, 0.717) is 12.0 Å². The van der Waals surface area contributed by atoms with Gasteiger partial charge in [-0.25, -0.2) is 0 Å². The van der Waals surface area contributed by atoms with Crippen molar-refractivity contribution in [1.82, 2.24) is 4.90 Å². The van der Waals surface area contributed by atoms with Crippen molar-refractivity contribution >= 4 is 18.3 Å². The maximum absolute atomic E-state index is 12.1. The molecule has 0 heterocycles. The van der Waals surface area contributed by atoms with Crippen molar-refractivity contribution in [3.05, 3.63) is 0 Å². The van der Waals surface area contributed by atoms with Gasteiger partial charge < -0.3 is 15.4 Å². The minimum absolute atomic E-state index is 0. The summed E-state index contributed by atoms with van der Waals surface area (Å²) in [7, 11) is 3.41. The third kappa shape index (κ3) is 4.12. The lowest BCUT2D eigenvalue weighted by molar-refractivity contribution is -0.143. The molecule has 0 aromatic rings. The number of halogens is 1. The molecule has 4 nitrogen and oxygen atoms in total. The summed E-state index contributed by atoms with van der Waals surface area (Å²) in [4.78, 5) is 13.9. The van der Waals surface area contributed by atoms with Gasteiger partial charge in [-0.05, 0) is 18.8 Å². The molecule has 0 aliphatic heterocycles. The second-order valence-corrected chi connectivity index (χ2v) is 4.74. The van der Waals surface area contributed by atoms with Crippen LogP contribution in [0, 0.1) is 5.92 Å². The van der Waals surface area contributed by atoms with Crippen molar-refractivity contribution in [2.45, 2.75) is 44.8 Å². The summed E-state index contributed by atoms with van der Waals surface area (Å²) in [5, 5.41) is 0. The van der Waals surface area contributed by atoms with Crippen LogP contribution in [-0.4, -0.2) is 43.7 Å². The van der Waals surface area contributed by atoms with E-state index in [2.05, 4.69) is 6.92 Å². The SMILES string of the molecule is COC(CN)C(=O)N(C)C1CCCCC1C.Cl. The summed E-state index contributed by atoms with van der Waals surface area (Å²) in [5.74, 6) is 0.599. The molecule has 1 fully saturated rings. The molecule has 0 saturated heterocycles. The number of amides is 1. The van der Waals surface area contributed by atoms with Gasteiger partial charge in [0.1, 0.15) is 6.10 Å². The Kier molecular flexibility index (Phi) is 7.75. The summed E-state index contributed by atoms with van der Waals surface area (Å²) < 4.78 is 5.09. The van der Waals surface area contributed by atoms with E-state index >= 15 is 0 Å². The van der Waals surface area contributed by atoms with Gasteiger partial charge in [0.2, 0.25) is 0 Å². The Hall–Kier alpha value is -0.320. The highest BCUT2D eigenvalue weighted by atomic mass is 35.5. The number of nitrogens with two attached hydrogens (primary N) is 1. The number of ether oxygens (including phenoxy) is 1. The predicted octanol–water partition coefficient (Wildman–Crippen LogP) is 1.42. The summed E-state index contributed by atoms with van der Waals surface area (Å²) >= 11 is 0. The van der Waals surface area contributed by atoms with Gasteiger partial charge in [-0.1, -0.05) is 19.8 Å². The number of carbonyl (C=O) groups excluding carboxylic acids is 1. The monoisotopic (exact) mass is 264 g/mol. The molecule has 17 heavy (non-hydrogen) atoms. The molecule has 1 saturated carbocycles. The standard InChI is InChI=1S/C12H24N2O2.ClH/c1-9-6-4-5-7-10(9)14(2)12(15)11(8-13)16-3;/h9-11H,4-8,13H2,1-3H3;1H. The van der Waals surface area contributed by atoms with E-state index < -0.39 is 6.10 Å². The van der Waals surface area contributed by atoms with Crippen LogP contribution in [0.2, 0.25) is 0 Å². The van der Waals surface area contributed by atoms with Gasteiger partial charge in [0.05, 0.1) is 0 Å². The maximum Gasteiger partial charge on any atom is 0.253 e. The van der Waals surface area contributed by atoms with Crippen LogP contribution in [0.5, 0.6) is 0 Å². The topological polar surface area (TPSA) is 55.6 Å². The summed E-state index contributed by atoms with van der Waals surface area (Å²) in [5.41, 5.74) is 5.51. The molecule has 2 N–H and O–H groups in total. The van der Waals surface area contributed by atoms with E-state index in [1.54, 1.807) is 0 Å². The zero-order valence-electron chi connectivity index (χ0n) is 11.0. The summed E-state index contributed by atoms with van der Waals surface area (Å²) in [6.07, 6.45) is 4.32. The molecule has 5 heteroatoms. The van der Waals surface area contributed by atoms with E-state index in [4.69, 9.17) is 10.5 Å². The van der Waals surface area contributed by atoms with Gasteiger partial charge in [0, 0.05) is 26.7 Å². The minimum atomic E-state index is -0.487. The first-order valence-corrected chi connectivity index (χ1v) is 6.11. The van der Waals surface area contributed by atoms with E-state index in [1.807, 2.05) is 11.9 Å². The first-order chi connectivity index (χ1) is 7.61. The second-order valence-electron chi connectivity index (χ2n) is 4.74. The van der Waals surface area contributed by atoms with Gasteiger partial charge in [-0.15, -0.1) is 12.4 Å². The first kappa shape index (κ1) is 16.7. The Balaban J connectivity index is 0.00000256. The van der Waals surface area contributed by atoms with Gasteiger partial charge in [-0.3, -0.25) is 4.79 Å². The van der Waals surface area contributed by atoms with Crippen molar-refractivity contribution < 1.29 is 9.53 Å². The Morgan fingerprint density at radius 2 is 2.06 bits per heavy atom. The van der Waals surface area contributed by atoms with Gasteiger partial charge in [0.25, 0.3) is 5.91 Å². The number of methoxy groups -OCH3 is 1. The number of hydrogen-bond acceptors (Lipinski definition) is 3. The Bertz CT molecular complexity index is 235. The fourth-order valence-electron chi connectivity index (χ4n) is 2.56. The van der Waals surface area contributed by atoms with Gasteiger partial charge in [-0.2, -0.15) is 0 Å². The van der Waals surface area contributed by atoms with Crippen molar-refractivity contribution in [2.24, 2.45) is 11.7 Å². The molecule has 1 rings (SSSR count). The largest absolute Gasteiger partial charge is 0.370 e. The molecule has 0 bridgehead atoms. The van der Waals surface area contributed by atoms with Crippen LogP contribution in [0.15, 0.2) is 0 Å². The molecule has 0 radical (unpaired) electrons. The lowest BCUT2D eigenvalue weighted by Gasteiger charge is -2.37. The average molecular weight is 265 g/mol. The van der Waals surface area contributed by atoms with Crippen LogP contribution in [0.1, 0.15) is 32.6 Å². The maximum atomic E-state index is 12.1. The first-order valence-electron chi connectivity index (χ1n) is 6.11. The minimum Gasteiger partial charge on any atom is -0.370 e. The highest BCUT2D eigenvalue weighted by Gasteiger charge is 2.30. The Morgan fingerprint density at radius 1 is 1.47 bits per heavy atom. The van der Waals surface area contributed by atoms with E-state index in [-0.39, 0.29) is 24.9 Å². The Morgan fingerprint density at radius 3 is 2.53 bits per heavy atom. The number of rotatable bonds is 4. The third-order valence-corrected chi connectivity index (χ3v) is 3.69. The summed E-state index contributed by atoms with van der Waals surface area (Å²) in [6, 6.07) is 0.352. The molecule has 1 aliphatic rings. The quantitative estimate of drug-likeness (QED) is 0.836. The lowest BCUT2D eigenvalue weighted by atomic mass is 9.85. The van der Waals surface area contributed by atoms with Crippen molar-refractivity contribution in [2.75, 3.05) is 20.7 Å². The van der Waals surface area contributed by atoms with Crippen molar-refractivity contribution in [3.8, 4) is 0 Å². The van der Waals surface area contributed by atoms with E-state index in [9.17, 15) is 4.79 Å². The molecule has 0 aromatic heterocycles. The zero-order valence-corrected chi connectivity index (χ0v) is 11.8. The Labute approximate surface area is 110 Å². The average Bonchev–Trinajstić information content (AvgIpc) is 2.30. The van der Waals surface area contributed by atoms with Crippen LogP contribution >= 0.6 is 12.4 Å². The molecule has 0 spiro atoms. The molecular weight excluding hydrogens is 240 g/mol. The van der Waals surface area contributed by atoms with Crippen LogP contribution in [-0.2, 0) is 9.53 Å². The lowest BCUT2D eigenvalue weighted by Crippen LogP contribution is -2.49. The zero-order chi connectivity index (χ0) is 12.1. The molecule has 3 unspecified atom stereocenters. The normalized spacial score (nSPS) is 25.9. The summed E-state index contributed by atoms with van der Waals surface area (Å²) in [6.45, 7) is 2.47. The number of hydrogen-bond donors (Lipinski definition) is 1. The molecule has 1 aliphatic carbocycles. The second kappa shape index (κ2) is 7.90. The highest BCUT2D eigenvalue weighted by molar-refractivity contribution is 5.85. The number of likely N-dealkylation sites (N-methyl/N-ethyl adjacent to an activating group) is 1. The van der Waals surface area contributed by atoms with Crippen molar-refractivity contribution in [1.29, 1.82) is 0 Å². The number of carbonyl (C=O) groups is 1. The highest BCUT2D eigenvalue weighted by Crippen LogP contribution is 2.27. The van der Waals surface area contributed by atoms with Gasteiger partial charge >= 0.3 is 0 Å². The van der Waals surface area contributed by atoms with Gasteiger partial charge in [0.15, 0.2) is 0 Å². The number of nitrogens with zero attached hydrogens (tertiary/aromatic N) is 1. The fraction of sp³-hybridized carbons (Fsp3) is 0.917. The van der Waals surface area contributed by atoms with Crippen LogP contribution in [0.25, 0.3) is 0 Å².